The number of hydrogen-bond acceptors (Lipinski definition) is 2. The summed E-state index contributed by atoms with van der Waals surface area (Å²) in [5, 5.41) is 8.41. The number of aromatic amines is 1. The van der Waals surface area contributed by atoms with Gasteiger partial charge in [-0.2, -0.15) is 5.10 Å². The Morgan fingerprint density at radius 1 is 1.53 bits per heavy atom. The van der Waals surface area contributed by atoms with Crippen LogP contribution in [0.25, 0.3) is 10.9 Å². The van der Waals surface area contributed by atoms with E-state index in [1.54, 1.807) is 0 Å². The van der Waals surface area contributed by atoms with Crippen molar-refractivity contribution >= 4 is 49.4 Å². The maximum absolute atomic E-state index is 5.72. The Labute approximate surface area is 109 Å². The zero-order valence-corrected chi connectivity index (χ0v) is 11.6. The zero-order chi connectivity index (χ0) is 10.4. The number of nitrogens with one attached hydrogen (secondary N) is 1. The zero-order valence-electron chi connectivity index (χ0n) is 7.81. The Hall–Kier alpha value is -0.300. The minimum absolute atomic E-state index is 0.794. The summed E-state index contributed by atoms with van der Waals surface area (Å²) < 4.78 is 7.90. The first-order valence-corrected chi connectivity index (χ1v) is 6.62. The summed E-state index contributed by atoms with van der Waals surface area (Å²) >= 11 is 5.85. The number of ether oxygens (including phenoxy) is 1. The van der Waals surface area contributed by atoms with Crippen molar-refractivity contribution in [3.63, 3.8) is 0 Å². The van der Waals surface area contributed by atoms with Gasteiger partial charge in [0.15, 0.2) is 5.75 Å². The summed E-state index contributed by atoms with van der Waals surface area (Å²) in [4.78, 5) is 0. The fourth-order valence-electron chi connectivity index (χ4n) is 1.91. The molecule has 0 spiro atoms. The molecule has 1 N–H and O–H groups in total. The average molecular weight is 379 g/mol. The van der Waals surface area contributed by atoms with Gasteiger partial charge in [0, 0.05) is 15.4 Å². The van der Waals surface area contributed by atoms with Gasteiger partial charge in [0.2, 0.25) is 0 Å². The molecule has 0 atom stereocenters. The molecule has 78 valence electrons. The summed E-state index contributed by atoms with van der Waals surface area (Å²) in [5.41, 5.74) is 2.20. The average Bonchev–Trinajstić information content (AvgIpc) is 2.62. The topological polar surface area (TPSA) is 37.9 Å². The Morgan fingerprint density at radius 3 is 3.27 bits per heavy atom. The van der Waals surface area contributed by atoms with Crippen molar-refractivity contribution in [3.8, 4) is 5.75 Å². The summed E-state index contributed by atoms with van der Waals surface area (Å²) in [5.74, 6) is 0.949. The molecule has 1 aromatic carbocycles. The normalized spacial score (nSPS) is 15.1. The largest absolute Gasteiger partial charge is 0.491 e. The maximum atomic E-state index is 5.72. The van der Waals surface area contributed by atoms with Crippen molar-refractivity contribution in [2.75, 3.05) is 6.61 Å². The van der Waals surface area contributed by atoms with Crippen molar-refractivity contribution in [2.45, 2.75) is 12.8 Å². The second-order valence-corrected chi connectivity index (χ2v) is 5.48. The van der Waals surface area contributed by atoms with Crippen molar-refractivity contribution < 1.29 is 4.74 Å². The Bertz CT molecular complexity index is 538. The lowest BCUT2D eigenvalue weighted by atomic mass is 10.0. The Balaban J connectivity index is 2.40. The Morgan fingerprint density at radius 2 is 2.40 bits per heavy atom. The van der Waals surface area contributed by atoms with Gasteiger partial charge in [-0.05, 0) is 41.5 Å². The summed E-state index contributed by atoms with van der Waals surface area (Å²) in [6.07, 6.45) is 2.15. The molecule has 0 aliphatic carbocycles. The van der Waals surface area contributed by atoms with Gasteiger partial charge in [0.25, 0.3) is 0 Å². The number of H-pyrrole nitrogens is 1. The SMILES string of the molecule is Brc1cc2c(I)[nH]nc2c2c1CCCO2. The quantitative estimate of drug-likeness (QED) is 0.714. The van der Waals surface area contributed by atoms with Gasteiger partial charge >= 0.3 is 0 Å². The van der Waals surface area contributed by atoms with Crippen molar-refractivity contribution in [2.24, 2.45) is 0 Å². The van der Waals surface area contributed by atoms with Crippen LogP contribution >= 0.6 is 38.5 Å². The smallest absolute Gasteiger partial charge is 0.151 e. The van der Waals surface area contributed by atoms with Crippen LogP contribution in [-0.4, -0.2) is 16.8 Å². The van der Waals surface area contributed by atoms with E-state index in [4.69, 9.17) is 4.74 Å². The van der Waals surface area contributed by atoms with Gasteiger partial charge < -0.3 is 4.74 Å². The predicted octanol–water partition coefficient (Wildman–Crippen LogP) is 3.26. The molecule has 0 saturated heterocycles. The number of benzene rings is 1. The van der Waals surface area contributed by atoms with Crippen molar-refractivity contribution in [1.82, 2.24) is 10.2 Å². The molecule has 5 heteroatoms. The third kappa shape index (κ3) is 1.47. The van der Waals surface area contributed by atoms with E-state index >= 15 is 0 Å². The molecule has 3 rings (SSSR count). The van der Waals surface area contributed by atoms with E-state index in [1.165, 1.54) is 5.56 Å². The second-order valence-electron chi connectivity index (χ2n) is 3.55. The minimum atomic E-state index is 0.794. The molecule has 15 heavy (non-hydrogen) atoms. The number of hydrogen-bond donors (Lipinski definition) is 1. The first kappa shape index (κ1) is 9.89. The Kier molecular flexibility index (Phi) is 2.39. The number of fused-ring (bicyclic) bond motifs is 3. The first-order chi connectivity index (χ1) is 7.27. The molecule has 1 aliphatic rings. The van der Waals surface area contributed by atoms with Crippen LogP contribution in [0.15, 0.2) is 10.5 Å². The van der Waals surface area contributed by atoms with Gasteiger partial charge in [-0.3, -0.25) is 5.10 Å². The van der Waals surface area contributed by atoms with E-state index in [-0.39, 0.29) is 0 Å². The highest BCUT2D eigenvalue weighted by Crippen LogP contribution is 2.38. The monoisotopic (exact) mass is 378 g/mol. The number of rotatable bonds is 0. The molecular weight excluding hydrogens is 371 g/mol. The van der Waals surface area contributed by atoms with Crippen molar-refractivity contribution in [1.29, 1.82) is 0 Å². The van der Waals surface area contributed by atoms with Crippen LogP contribution in [0.2, 0.25) is 0 Å². The number of nitrogens with zero attached hydrogens (tertiary/aromatic N) is 1. The highest BCUT2D eigenvalue weighted by molar-refractivity contribution is 14.1. The van der Waals surface area contributed by atoms with E-state index in [0.29, 0.717) is 0 Å². The van der Waals surface area contributed by atoms with Crippen LogP contribution in [0.4, 0.5) is 0 Å². The first-order valence-electron chi connectivity index (χ1n) is 4.75. The van der Waals surface area contributed by atoms with Crippen LogP contribution < -0.4 is 4.74 Å². The lowest BCUT2D eigenvalue weighted by Crippen LogP contribution is -2.09. The standard InChI is InChI=1S/C10H8BrIN2O/c11-7-4-6-8(13-14-10(6)12)9-5(7)2-1-3-15-9/h4H,1-3H2,(H,13,14). The van der Waals surface area contributed by atoms with Gasteiger partial charge in [-0.25, -0.2) is 0 Å². The van der Waals surface area contributed by atoms with E-state index in [1.807, 2.05) is 0 Å². The lowest BCUT2D eigenvalue weighted by molar-refractivity contribution is 0.291. The van der Waals surface area contributed by atoms with Crippen LogP contribution in [-0.2, 0) is 6.42 Å². The maximum Gasteiger partial charge on any atom is 0.151 e. The molecule has 0 saturated carbocycles. The third-order valence-electron chi connectivity index (χ3n) is 2.62. The van der Waals surface area contributed by atoms with Gasteiger partial charge in [-0.15, -0.1) is 0 Å². The highest BCUT2D eigenvalue weighted by atomic mass is 127. The molecule has 1 aromatic heterocycles. The van der Waals surface area contributed by atoms with Crippen molar-refractivity contribution in [3.05, 3.63) is 19.8 Å². The molecular formula is C10H8BrIN2O. The minimum Gasteiger partial charge on any atom is -0.491 e. The van der Waals surface area contributed by atoms with E-state index in [2.05, 4.69) is 54.8 Å². The van der Waals surface area contributed by atoms with Gasteiger partial charge in [0.1, 0.15) is 9.22 Å². The molecule has 2 heterocycles. The summed E-state index contributed by atoms with van der Waals surface area (Å²) in [6, 6.07) is 2.12. The molecule has 2 aromatic rings. The molecule has 0 unspecified atom stereocenters. The fraction of sp³-hybridized carbons (Fsp3) is 0.300. The van der Waals surface area contributed by atoms with Gasteiger partial charge in [-0.1, -0.05) is 15.9 Å². The third-order valence-corrected chi connectivity index (χ3v) is 4.15. The number of aromatic nitrogens is 2. The van der Waals surface area contributed by atoms with Crippen LogP contribution in [0.3, 0.4) is 0 Å². The molecule has 0 fully saturated rings. The second kappa shape index (κ2) is 3.62. The van der Waals surface area contributed by atoms with Crippen LogP contribution in [0, 0.1) is 3.70 Å². The van der Waals surface area contributed by atoms with Crippen LogP contribution in [0.5, 0.6) is 5.75 Å². The predicted molar refractivity (Wildman–Crippen MR) is 70.3 cm³/mol. The summed E-state index contributed by atoms with van der Waals surface area (Å²) in [6.45, 7) is 0.794. The number of halogens is 2. The van der Waals surface area contributed by atoms with E-state index < -0.39 is 0 Å². The summed E-state index contributed by atoms with van der Waals surface area (Å²) in [7, 11) is 0. The molecule has 0 radical (unpaired) electrons. The molecule has 0 amide bonds. The molecule has 0 bridgehead atoms. The van der Waals surface area contributed by atoms with E-state index in [0.717, 1.165) is 44.3 Å². The highest BCUT2D eigenvalue weighted by Gasteiger charge is 2.20. The van der Waals surface area contributed by atoms with Gasteiger partial charge in [0.05, 0.1) is 6.61 Å². The fourth-order valence-corrected chi connectivity index (χ4v) is 3.05. The molecule has 3 nitrogen and oxygen atoms in total. The van der Waals surface area contributed by atoms with Crippen LogP contribution in [0.1, 0.15) is 12.0 Å². The lowest BCUT2D eigenvalue weighted by Gasteiger charge is -2.18. The van der Waals surface area contributed by atoms with E-state index in [9.17, 15) is 0 Å². The molecule has 1 aliphatic heterocycles.